The third kappa shape index (κ3) is 4.17. The SMILES string of the molecule is COCC(O)CCNC(=O)c1ccccc1C#N. The first kappa shape index (κ1) is 14.2. The van der Waals surface area contributed by atoms with Crippen LogP contribution in [0.1, 0.15) is 22.3 Å². The normalized spacial score (nSPS) is 11.6. The lowest BCUT2D eigenvalue weighted by Gasteiger charge is -2.10. The van der Waals surface area contributed by atoms with Crippen LogP contribution in [0.5, 0.6) is 0 Å². The molecule has 1 amide bonds. The molecule has 96 valence electrons. The van der Waals surface area contributed by atoms with Gasteiger partial charge in [0.15, 0.2) is 0 Å². The van der Waals surface area contributed by atoms with Crippen molar-refractivity contribution in [2.75, 3.05) is 20.3 Å². The Morgan fingerprint density at radius 1 is 1.56 bits per heavy atom. The van der Waals surface area contributed by atoms with Crippen molar-refractivity contribution in [3.63, 3.8) is 0 Å². The van der Waals surface area contributed by atoms with Gasteiger partial charge in [0.25, 0.3) is 5.91 Å². The van der Waals surface area contributed by atoms with E-state index in [0.717, 1.165) is 0 Å². The standard InChI is InChI=1S/C13H16N2O3/c1-18-9-11(16)6-7-15-13(17)12-5-3-2-4-10(12)8-14/h2-5,11,16H,6-7,9H2,1H3,(H,15,17). The molecule has 1 aromatic carbocycles. The van der Waals surface area contributed by atoms with E-state index in [1.165, 1.54) is 7.11 Å². The maximum atomic E-state index is 11.8. The smallest absolute Gasteiger partial charge is 0.252 e. The van der Waals surface area contributed by atoms with Crippen molar-refractivity contribution in [2.45, 2.75) is 12.5 Å². The van der Waals surface area contributed by atoms with Crippen LogP contribution in [0.4, 0.5) is 0 Å². The molecule has 0 saturated carbocycles. The molecule has 0 saturated heterocycles. The molecule has 0 heterocycles. The van der Waals surface area contributed by atoms with E-state index in [4.69, 9.17) is 10.00 Å². The summed E-state index contributed by atoms with van der Waals surface area (Å²) in [5, 5.41) is 20.9. The molecule has 1 unspecified atom stereocenters. The summed E-state index contributed by atoms with van der Waals surface area (Å²) in [6, 6.07) is 8.56. The summed E-state index contributed by atoms with van der Waals surface area (Å²) < 4.78 is 4.78. The van der Waals surface area contributed by atoms with Crippen LogP contribution in [0.25, 0.3) is 0 Å². The number of amides is 1. The lowest BCUT2D eigenvalue weighted by molar-refractivity contribution is 0.0587. The molecule has 0 bridgehead atoms. The Morgan fingerprint density at radius 2 is 2.28 bits per heavy atom. The molecule has 0 aliphatic heterocycles. The van der Waals surface area contributed by atoms with Gasteiger partial charge in [-0.3, -0.25) is 4.79 Å². The van der Waals surface area contributed by atoms with Gasteiger partial charge in [-0.05, 0) is 18.6 Å². The Labute approximate surface area is 106 Å². The van der Waals surface area contributed by atoms with Gasteiger partial charge in [-0.1, -0.05) is 12.1 Å². The summed E-state index contributed by atoms with van der Waals surface area (Å²) in [6.45, 7) is 0.577. The van der Waals surface area contributed by atoms with Gasteiger partial charge < -0.3 is 15.2 Å². The van der Waals surface area contributed by atoms with Crippen molar-refractivity contribution in [1.29, 1.82) is 5.26 Å². The second kappa shape index (κ2) is 7.43. The van der Waals surface area contributed by atoms with Gasteiger partial charge in [0.1, 0.15) is 0 Å². The van der Waals surface area contributed by atoms with Crippen LogP contribution in [0, 0.1) is 11.3 Å². The fourth-order valence-corrected chi connectivity index (χ4v) is 1.50. The number of nitriles is 1. The van der Waals surface area contributed by atoms with Gasteiger partial charge in [-0.25, -0.2) is 0 Å². The van der Waals surface area contributed by atoms with Crippen LogP contribution in [-0.4, -0.2) is 37.4 Å². The lowest BCUT2D eigenvalue weighted by atomic mass is 10.1. The van der Waals surface area contributed by atoms with Gasteiger partial charge in [0.05, 0.1) is 29.9 Å². The van der Waals surface area contributed by atoms with Crippen LogP contribution in [0.15, 0.2) is 24.3 Å². The number of carbonyl (C=O) groups excluding carboxylic acids is 1. The summed E-state index contributed by atoms with van der Waals surface area (Å²) in [6.07, 6.45) is -0.185. The minimum atomic E-state index is -0.596. The molecule has 0 spiro atoms. The van der Waals surface area contributed by atoms with Gasteiger partial charge in [0, 0.05) is 13.7 Å². The number of aliphatic hydroxyl groups excluding tert-OH is 1. The highest BCUT2D eigenvalue weighted by Gasteiger charge is 2.10. The van der Waals surface area contributed by atoms with E-state index in [1.54, 1.807) is 24.3 Å². The molecule has 0 aliphatic rings. The second-order valence-corrected chi connectivity index (χ2v) is 3.81. The van der Waals surface area contributed by atoms with Gasteiger partial charge >= 0.3 is 0 Å². The van der Waals surface area contributed by atoms with Crippen molar-refractivity contribution in [3.05, 3.63) is 35.4 Å². The van der Waals surface area contributed by atoms with E-state index in [-0.39, 0.29) is 12.5 Å². The Morgan fingerprint density at radius 3 is 2.94 bits per heavy atom. The molecule has 0 fully saturated rings. The molecule has 0 aliphatic carbocycles. The van der Waals surface area contributed by atoms with Crippen molar-refractivity contribution < 1.29 is 14.6 Å². The zero-order valence-corrected chi connectivity index (χ0v) is 10.2. The monoisotopic (exact) mass is 248 g/mol. The Bertz CT molecular complexity index is 440. The summed E-state index contributed by atoms with van der Waals surface area (Å²) in [5.41, 5.74) is 0.689. The van der Waals surface area contributed by atoms with Gasteiger partial charge in [-0.2, -0.15) is 5.26 Å². The predicted octanol–water partition coefficient (Wildman–Crippen LogP) is 0.685. The molecule has 1 atom stereocenters. The number of hydrogen-bond acceptors (Lipinski definition) is 4. The summed E-state index contributed by atoms with van der Waals surface area (Å²) in [4.78, 5) is 11.8. The van der Waals surface area contributed by atoms with Crippen LogP contribution < -0.4 is 5.32 Å². The fraction of sp³-hybridized carbons (Fsp3) is 0.385. The van der Waals surface area contributed by atoms with Crippen LogP contribution in [0.3, 0.4) is 0 Å². The Balaban J connectivity index is 2.49. The van der Waals surface area contributed by atoms with Crippen molar-refractivity contribution in [1.82, 2.24) is 5.32 Å². The van der Waals surface area contributed by atoms with Crippen LogP contribution >= 0.6 is 0 Å². The number of hydrogen-bond donors (Lipinski definition) is 2. The first-order valence-corrected chi connectivity index (χ1v) is 5.63. The predicted molar refractivity (Wildman–Crippen MR) is 66.0 cm³/mol. The number of methoxy groups -OCH3 is 1. The van der Waals surface area contributed by atoms with E-state index in [0.29, 0.717) is 24.1 Å². The zero-order chi connectivity index (χ0) is 13.4. The first-order valence-electron chi connectivity index (χ1n) is 5.63. The van der Waals surface area contributed by atoms with Crippen LogP contribution in [-0.2, 0) is 4.74 Å². The minimum Gasteiger partial charge on any atom is -0.391 e. The molecule has 0 radical (unpaired) electrons. The minimum absolute atomic E-state index is 0.241. The highest BCUT2D eigenvalue weighted by atomic mass is 16.5. The highest BCUT2D eigenvalue weighted by molar-refractivity contribution is 5.96. The van der Waals surface area contributed by atoms with E-state index in [2.05, 4.69) is 5.32 Å². The summed E-state index contributed by atoms with van der Waals surface area (Å²) in [7, 11) is 1.50. The van der Waals surface area contributed by atoms with Crippen LogP contribution in [0.2, 0.25) is 0 Å². The summed E-state index contributed by atoms with van der Waals surface area (Å²) in [5.74, 6) is -0.309. The second-order valence-electron chi connectivity index (χ2n) is 3.81. The van der Waals surface area contributed by atoms with E-state index < -0.39 is 6.10 Å². The molecule has 5 heteroatoms. The summed E-state index contributed by atoms with van der Waals surface area (Å²) >= 11 is 0. The number of ether oxygens (including phenoxy) is 1. The quantitative estimate of drug-likeness (QED) is 0.775. The lowest BCUT2D eigenvalue weighted by Crippen LogP contribution is -2.29. The van der Waals surface area contributed by atoms with Crippen molar-refractivity contribution in [3.8, 4) is 6.07 Å². The Hall–Kier alpha value is -1.90. The maximum Gasteiger partial charge on any atom is 0.252 e. The number of nitrogens with zero attached hydrogens (tertiary/aromatic N) is 1. The van der Waals surface area contributed by atoms with E-state index in [1.807, 2.05) is 6.07 Å². The van der Waals surface area contributed by atoms with Crippen molar-refractivity contribution in [2.24, 2.45) is 0 Å². The third-order valence-corrected chi connectivity index (χ3v) is 2.41. The molecule has 1 aromatic rings. The number of benzene rings is 1. The Kier molecular flexibility index (Phi) is 5.85. The third-order valence-electron chi connectivity index (χ3n) is 2.41. The number of nitrogens with one attached hydrogen (secondary N) is 1. The number of carbonyl (C=O) groups is 1. The van der Waals surface area contributed by atoms with Gasteiger partial charge in [0.2, 0.25) is 0 Å². The molecule has 2 N–H and O–H groups in total. The maximum absolute atomic E-state index is 11.8. The highest BCUT2D eigenvalue weighted by Crippen LogP contribution is 2.06. The number of aliphatic hydroxyl groups is 1. The molecule has 5 nitrogen and oxygen atoms in total. The topological polar surface area (TPSA) is 82.3 Å². The van der Waals surface area contributed by atoms with E-state index >= 15 is 0 Å². The number of rotatable bonds is 6. The average molecular weight is 248 g/mol. The van der Waals surface area contributed by atoms with Gasteiger partial charge in [-0.15, -0.1) is 0 Å². The molecular weight excluding hydrogens is 232 g/mol. The molecule has 0 aromatic heterocycles. The molecule has 18 heavy (non-hydrogen) atoms. The average Bonchev–Trinajstić information content (AvgIpc) is 2.38. The largest absolute Gasteiger partial charge is 0.391 e. The fourth-order valence-electron chi connectivity index (χ4n) is 1.50. The zero-order valence-electron chi connectivity index (χ0n) is 10.2. The first-order chi connectivity index (χ1) is 8.69. The van der Waals surface area contributed by atoms with E-state index in [9.17, 15) is 9.90 Å². The molecule has 1 rings (SSSR count). The van der Waals surface area contributed by atoms with Crippen molar-refractivity contribution >= 4 is 5.91 Å². The molecular formula is C13H16N2O3.